The van der Waals surface area contributed by atoms with Crippen LogP contribution in [0.4, 0.5) is 0 Å². The van der Waals surface area contributed by atoms with Gasteiger partial charge in [-0.05, 0) is 17.0 Å². The Balaban J connectivity index is 0.000000671. The van der Waals surface area contributed by atoms with Crippen molar-refractivity contribution in [1.82, 2.24) is 4.98 Å². The second-order valence-corrected chi connectivity index (χ2v) is 4.20. The fourth-order valence-electron chi connectivity index (χ4n) is 0.838. The summed E-state index contributed by atoms with van der Waals surface area (Å²) in [4.78, 5) is 5.00. The van der Waals surface area contributed by atoms with Crippen molar-refractivity contribution in [2.75, 3.05) is 0 Å². The maximum absolute atomic E-state index is 4.22. The van der Waals surface area contributed by atoms with Crippen molar-refractivity contribution in [2.45, 2.75) is 44.9 Å². The smallest absolute Gasteiger partial charge is 0.0401 e. The van der Waals surface area contributed by atoms with E-state index in [-0.39, 0.29) is 5.41 Å². The normalized spacial score (nSPS) is 10.3. The van der Waals surface area contributed by atoms with Crippen LogP contribution in [0.25, 0.3) is 0 Å². The molecule has 1 aromatic heterocycles. The largest absolute Gasteiger partial charge is 0.263 e. The molecule has 0 N–H and O–H groups in total. The molecule has 0 atom stereocenters. The van der Waals surface area contributed by atoms with Crippen molar-refractivity contribution in [3.63, 3.8) is 0 Å². The molecule has 1 aromatic rings. The molecule has 13 heavy (non-hydrogen) atoms. The lowest BCUT2D eigenvalue weighted by Gasteiger charge is -2.18. The van der Waals surface area contributed by atoms with E-state index in [0.29, 0.717) is 0 Å². The van der Waals surface area contributed by atoms with Gasteiger partial charge in [-0.2, -0.15) is 0 Å². The maximum atomic E-state index is 4.22. The Morgan fingerprint density at radius 2 is 1.69 bits per heavy atom. The van der Waals surface area contributed by atoms with Crippen molar-refractivity contribution < 1.29 is 0 Å². The summed E-state index contributed by atoms with van der Waals surface area (Å²) in [6.07, 6.45) is 3.64. The summed E-state index contributed by atoms with van der Waals surface area (Å²) in [7, 11) is 0. The third-order valence-corrected chi connectivity index (χ3v) is 1.83. The van der Waals surface area contributed by atoms with Gasteiger partial charge in [-0.25, -0.2) is 0 Å². The molecule has 0 saturated carbocycles. The Kier molecular flexibility index (Phi) is 5.07. The van der Waals surface area contributed by atoms with Crippen LogP contribution in [-0.4, -0.2) is 4.98 Å². The van der Waals surface area contributed by atoms with Crippen LogP contribution in [0.3, 0.4) is 0 Å². The van der Waals surface area contributed by atoms with Gasteiger partial charge < -0.3 is 0 Å². The highest BCUT2D eigenvalue weighted by Crippen LogP contribution is 2.22. The molecule has 74 valence electrons. The first-order valence-corrected chi connectivity index (χ1v) is 5.09. The first-order chi connectivity index (χ1) is 6.00. The number of rotatable bonds is 0. The van der Waals surface area contributed by atoms with E-state index < -0.39 is 0 Å². The summed E-state index contributed by atoms with van der Waals surface area (Å²) in [5.74, 6) is 0. The van der Waals surface area contributed by atoms with Crippen LogP contribution in [0.1, 0.15) is 40.2 Å². The van der Waals surface area contributed by atoms with E-state index in [1.165, 1.54) is 5.56 Å². The summed E-state index contributed by atoms with van der Waals surface area (Å²) >= 11 is 4.22. The fourth-order valence-corrected chi connectivity index (χ4v) is 1.04. The van der Waals surface area contributed by atoms with Gasteiger partial charge in [0.15, 0.2) is 0 Å². The van der Waals surface area contributed by atoms with Gasteiger partial charge in [-0.1, -0.05) is 34.6 Å². The van der Waals surface area contributed by atoms with Crippen molar-refractivity contribution in [3.05, 3.63) is 24.0 Å². The highest BCUT2D eigenvalue weighted by Gasteiger charge is 2.13. The van der Waals surface area contributed by atoms with E-state index in [4.69, 9.17) is 0 Å². The van der Waals surface area contributed by atoms with Crippen LogP contribution in [0.15, 0.2) is 23.4 Å². The van der Waals surface area contributed by atoms with Crippen LogP contribution in [-0.2, 0) is 5.41 Å². The topological polar surface area (TPSA) is 12.9 Å². The highest BCUT2D eigenvalue weighted by molar-refractivity contribution is 7.80. The van der Waals surface area contributed by atoms with E-state index in [1.54, 1.807) is 6.20 Å². The summed E-state index contributed by atoms with van der Waals surface area (Å²) in [5, 5.41) is 0. The molecule has 0 saturated heterocycles. The van der Waals surface area contributed by atoms with Gasteiger partial charge in [0.2, 0.25) is 0 Å². The number of pyridine rings is 1. The average Bonchev–Trinajstić information content (AvgIpc) is 2.06. The summed E-state index contributed by atoms with van der Waals surface area (Å²) in [5.41, 5.74) is 1.40. The van der Waals surface area contributed by atoms with Gasteiger partial charge in [0.25, 0.3) is 0 Å². The van der Waals surface area contributed by atoms with Gasteiger partial charge in [0.1, 0.15) is 0 Å². The quantitative estimate of drug-likeness (QED) is 0.626. The van der Waals surface area contributed by atoms with Crippen LogP contribution < -0.4 is 0 Å². The van der Waals surface area contributed by atoms with Crippen molar-refractivity contribution in [2.24, 2.45) is 0 Å². The Bertz CT molecular complexity index is 251. The molecule has 1 heterocycles. The number of nitrogens with zero attached hydrogens (tertiary/aromatic N) is 1. The second kappa shape index (κ2) is 5.28. The van der Waals surface area contributed by atoms with Crippen LogP contribution >= 0.6 is 12.6 Å². The van der Waals surface area contributed by atoms with Gasteiger partial charge in [-0.15, -0.1) is 12.6 Å². The van der Waals surface area contributed by atoms with Gasteiger partial charge >= 0.3 is 0 Å². The minimum absolute atomic E-state index is 0.172. The molecule has 0 aliphatic heterocycles. The number of hydrogen-bond acceptors (Lipinski definition) is 2. The molecular weight excluding hydrogens is 178 g/mol. The molecule has 1 nitrogen and oxygen atoms in total. The standard InChI is InChI=1S/C9H13NS.C2H6/c1-9(2,3)7-4-8(11)6-10-5-7;1-2/h4-6,11H,1-3H3;1-2H3. The first kappa shape index (κ1) is 12.5. The van der Waals surface area contributed by atoms with Gasteiger partial charge in [-0.3, -0.25) is 4.98 Å². The summed E-state index contributed by atoms with van der Waals surface area (Å²) in [6, 6.07) is 2.05. The molecule has 0 spiro atoms. The molecule has 1 rings (SSSR count). The van der Waals surface area contributed by atoms with Gasteiger partial charge in [0, 0.05) is 17.3 Å². The molecule has 0 bridgehead atoms. The molecule has 0 aliphatic carbocycles. The van der Waals surface area contributed by atoms with Crippen molar-refractivity contribution in [3.8, 4) is 0 Å². The van der Waals surface area contributed by atoms with Crippen LogP contribution in [0, 0.1) is 0 Å². The molecule has 0 amide bonds. The number of thiol groups is 1. The lowest BCUT2D eigenvalue weighted by molar-refractivity contribution is 0.585. The lowest BCUT2D eigenvalue weighted by Crippen LogP contribution is -2.11. The van der Waals surface area contributed by atoms with E-state index >= 15 is 0 Å². The predicted molar refractivity (Wildman–Crippen MR) is 61.5 cm³/mol. The second-order valence-electron chi connectivity index (χ2n) is 3.68. The van der Waals surface area contributed by atoms with Gasteiger partial charge in [0.05, 0.1) is 0 Å². The first-order valence-electron chi connectivity index (χ1n) is 4.64. The maximum Gasteiger partial charge on any atom is 0.0401 e. The molecular formula is C11H19NS. The number of hydrogen-bond donors (Lipinski definition) is 1. The summed E-state index contributed by atoms with van der Waals surface area (Å²) in [6.45, 7) is 10.5. The van der Waals surface area contributed by atoms with Crippen LogP contribution in [0.5, 0.6) is 0 Å². The third kappa shape index (κ3) is 4.32. The molecule has 0 aromatic carbocycles. The third-order valence-electron chi connectivity index (χ3n) is 1.59. The molecule has 2 heteroatoms. The Morgan fingerprint density at radius 1 is 1.15 bits per heavy atom. The number of aromatic nitrogens is 1. The highest BCUT2D eigenvalue weighted by atomic mass is 32.1. The van der Waals surface area contributed by atoms with E-state index in [2.05, 4.69) is 44.5 Å². The van der Waals surface area contributed by atoms with Crippen molar-refractivity contribution in [1.29, 1.82) is 0 Å². The average molecular weight is 197 g/mol. The summed E-state index contributed by atoms with van der Waals surface area (Å²) < 4.78 is 0. The monoisotopic (exact) mass is 197 g/mol. The predicted octanol–water partition coefficient (Wildman–Crippen LogP) is 3.69. The van der Waals surface area contributed by atoms with Crippen molar-refractivity contribution >= 4 is 12.6 Å². The molecule has 0 radical (unpaired) electrons. The SMILES string of the molecule is CC.CC(C)(C)c1cncc(S)c1. The zero-order chi connectivity index (χ0) is 10.5. The fraction of sp³-hybridized carbons (Fsp3) is 0.545. The lowest BCUT2D eigenvalue weighted by atomic mass is 9.88. The molecule has 0 fully saturated rings. The van der Waals surface area contributed by atoms with E-state index in [9.17, 15) is 0 Å². The Labute approximate surface area is 87.0 Å². The molecule has 0 aliphatic rings. The Morgan fingerprint density at radius 3 is 2.00 bits per heavy atom. The van der Waals surface area contributed by atoms with E-state index in [0.717, 1.165) is 4.90 Å². The zero-order valence-electron chi connectivity index (χ0n) is 9.13. The zero-order valence-corrected chi connectivity index (χ0v) is 10.0. The van der Waals surface area contributed by atoms with E-state index in [1.807, 2.05) is 20.0 Å². The Hall–Kier alpha value is -0.500. The van der Waals surface area contributed by atoms with Crippen LogP contribution in [0.2, 0.25) is 0 Å². The minimum Gasteiger partial charge on any atom is -0.263 e. The minimum atomic E-state index is 0.172. The molecule has 0 unspecified atom stereocenters.